The highest BCUT2D eigenvalue weighted by Crippen LogP contribution is 2.18. The Morgan fingerprint density at radius 2 is 2.12 bits per heavy atom. The van der Waals surface area contributed by atoms with Gasteiger partial charge < -0.3 is 9.73 Å². The van der Waals surface area contributed by atoms with Crippen molar-refractivity contribution in [3.05, 3.63) is 56.2 Å². The van der Waals surface area contributed by atoms with Gasteiger partial charge in [0.1, 0.15) is 6.54 Å². The monoisotopic (exact) mass is 365 g/mol. The molecule has 0 spiro atoms. The van der Waals surface area contributed by atoms with E-state index in [1.165, 1.54) is 17.4 Å². The van der Waals surface area contributed by atoms with E-state index in [1.54, 1.807) is 12.1 Å². The first-order valence-corrected chi connectivity index (χ1v) is 8.17. The van der Waals surface area contributed by atoms with Gasteiger partial charge in [0.15, 0.2) is 5.58 Å². The molecule has 0 saturated heterocycles. The van der Waals surface area contributed by atoms with Gasteiger partial charge in [0, 0.05) is 16.0 Å². The minimum absolute atomic E-state index is 0.280. The predicted octanol–water partition coefficient (Wildman–Crippen LogP) is 2.34. The first-order valence-electron chi connectivity index (χ1n) is 6.92. The number of urea groups is 1. The van der Waals surface area contributed by atoms with Gasteiger partial charge >= 0.3 is 11.8 Å². The van der Waals surface area contributed by atoms with E-state index in [0.29, 0.717) is 17.1 Å². The lowest BCUT2D eigenvalue weighted by Gasteiger charge is -2.06. The standard InChI is InChI=1S/C15H12ClN3O4S/c16-9-3-4-11-12(6-9)23-15(22)19(11)8-13(20)18-14(21)17-7-10-2-1-5-24-10/h1-6H,7-8H2,(H2,17,18,20,21). The summed E-state index contributed by atoms with van der Waals surface area (Å²) < 4.78 is 6.16. The molecule has 0 radical (unpaired) electrons. The number of imide groups is 1. The van der Waals surface area contributed by atoms with Crippen LogP contribution in [0.4, 0.5) is 4.79 Å². The van der Waals surface area contributed by atoms with Gasteiger partial charge in [-0.25, -0.2) is 9.59 Å². The number of halogens is 1. The first kappa shape index (κ1) is 16.3. The molecule has 0 unspecified atom stereocenters. The van der Waals surface area contributed by atoms with E-state index >= 15 is 0 Å². The van der Waals surface area contributed by atoms with Crippen LogP contribution in [0.15, 0.2) is 44.9 Å². The highest BCUT2D eigenvalue weighted by atomic mass is 35.5. The quantitative estimate of drug-likeness (QED) is 0.742. The van der Waals surface area contributed by atoms with Crippen molar-refractivity contribution in [1.29, 1.82) is 0 Å². The predicted molar refractivity (Wildman–Crippen MR) is 90.2 cm³/mol. The van der Waals surface area contributed by atoms with Gasteiger partial charge in [-0.3, -0.25) is 14.7 Å². The van der Waals surface area contributed by atoms with Gasteiger partial charge in [-0.1, -0.05) is 17.7 Å². The maximum absolute atomic E-state index is 11.9. The second-order valence-electron chi connectivity index (χ2n) is 4.88. The molecule has 124 valence electrons. The summed E-state index contributed by atoms with van der Waals surface area (Å²) in [6, 6.07) is 7.76. The molecule has 0 bridgehead atoms. The molecule has 3 amide bonds. The number of benzene rings is 1. The SMILES string of the molecule is O=C(Cn1c(=O)oc2cc(Cl)ccc21)NC(=O)NCc1cccs1. The molecule has 7 nitrogen and oxygen atoms in total. The number of rotatable bonds is 4. The Morgan fingerprint density at radius 1 is 1.29 bits per heavy atom. The molecule has 2 heterocycles. The van der Waals surface area contributed by atoms with E-state index in [0.717, 1.165) is 9.44 Å². The number of nitrogens with zero attached hydrogens (tertiary/aromatic N) is 1. The van der Waals surface area contributed by atoms with Crippen molar-refractivity contribution in [2.24, 2.45) is 0 Å². The number of carbonyl (C=O) groups excluding carboxylic acids is 2. The van der Waals surface area contributed by atoms with Crippen molar-refractivity contribution >= 4 is 46.0 Å². The molecule has 9 heteroatoms. The number of nitrogens with one attached hydrogen (secondary N) is 2. The highest BCUT2D eigenvalue weighted by Gasteiger charge is 2.14. The van der Waals surface area contributed by atoms with E-state index in [-0.39, 0.29) is 12.1 Å². The lowest BCUT2D eigenvalue weighted by atomic mass is 10.3. The maximum atomic E-state index is 11.9. The van der Waals surface area contributed by atoms with Crippen LogP contribution >= 0.6 is 22.9 Å². The van der Waals surface area contributed by atoms with Crippen molar-refractivity contribution < 1.29 is 14.0 Å². The summed E-state index contributed by atoms with van der Waals surface area (Å²) in [5.41, 5.74) is 0.709. The summed E-state index contributed by atoms with van der Waals surface area (Å²) in [6.07, 6.45) is 0. The Hall–Kier alpha value is -2.58. The van der Waals surface area contributed by atoms with Crippen LogP contribution in [0, 0.1) is 0 Å². The highest BCUT2D eigenvalue weighted by molar-refractivity contribution is 7.09. The number of carbonyl (C=O) groups is 2. The molecule has 24 heavy (non-hydrogen) atoms. The number of oxazole rings is 1. The number of thiophene rings is 1. The summed E-state index contributed by atoms with van der Waals surface area (Å²) in [5, 5.41) is 7.05. The molecule has 0 aliphatic carbocycles. The van der Waals surface area contributed by atoms with E-state index in [4.69, 9.17) is 16.0 Å². The van der Waals surface area contributed by atoms with Crippen LogP contribution in [0.2, 0.25) is 5.02 Å². The Morgan fingerprint density at radius 3 is 2.88 bits per heavy atom. The fourth-order valence-electron chi connectivity index (χ4n) is 2.12. The Labute approximate surface area is 144 Å². The van der Waals surface area contributed by atoms with Gasteiger partial charge in [-0.05, 0) is 23.6 Å². The van der Waals surface area contributed by atoms with E-state index in [9.17, 15) is 14.4 Å². The third kappa shape index (κ3) is 3.66. The average molecular weight is 366 g/mol. The van der Waals surface area contributed by atoms with Crippen LogP contribution in [0.5, 0.6) is 0 Å². The number of fused-ring (bicyclic) bond motifs is 1. The Bertz CT molecular complexity index is 945. The fraction of sp³-hybridized carbons (Fsp3) is 0.133. The van der Waals surface area contributed by atoms with E-state index < -0.39 is 17.7 Å². The number of hydrogen-bond donors (Lipinski definition) is 2. The summed E-state index contributed by atoms with van der Waals surface area (Å²) in [5.74, 6) is -1.32. The number of aromatic nitrogens is 1. The van der Waals surface area contributed by atoms with Gasteiger partial charge in [0.2, 0.25) is 5.91 Å². The lowest BCUT2D eigenvalue weighted by Crippen LogP contribution is -2.41. The second kappa shape index (κ2) is 6.90. The first-order chi connectivity index (χ1) is 11.5. The van der Waals surface area contributed by atoms with Crippen LogP contribution in [0.25, 0.3) is 11.1 Å². The Kier molecular flexibility index (Phi) is 4.68. The van der Waals surface area contributed by atoms with E-state index in [1.807, 2.05) is 17.5 Å². The minimum atomic E-state index is -0.693. The Balaban J connectivity index is 1.63. The second-order valence-corrected chi connectivity index (χ2v) is 6.35. The molecular weight excluding hydrogens is 354 g/mol. The summed E-state index contributed by atoms with van der Waals surface area (Å²) in [7, 11) is 0. The molecule has 3 rings (SSSR count). The largest absolute Gasteiger partial charge is 0.420 e. The molecule has 0 fully saturated rings. The van der Waals surface area contributed by atoms with Crippen molar-refractivity contribution in [2.75, 3.05) is 0 Å². The van der Waals surface area contributed by atoms with Crippen LogP contribution in [0.3, 0.4) is 0 Å². The third-order valence-electron chi connectivity index (χ3n) is 3.19. The lowest BCUT2D eigenvalue weighted by molar-refractivity contribution is -0.120. The summed E-state index contributed by atoms with van der Waals surface area (Å²) >= 11 is 7.33. The zero-order valence-corrected chi connectivity index (χ0v) is 13.8. The molecule has 0 saturated carbocycles. The summed E-state index contributed by atoms with van der Waals surface area (Å²) in [4.78, 5) is 36.4. The van der Waals surface area contributed by atoms with E-state index in [2.05, 4.69) is 10.6 Å². The van der Waals surface area contributed by atoms with Crippen LogP contribution < -0.4 is 16.4 Å². The smallest absolute Gasteiger partial charge is 0.408 e. The molecule has 0 aliphatic heterocycles. The normalized spacial score (nSPS) is 10.7. The van der Waals surface area contributed by atoms with Crippen molar-refractivity contribution in [1.82, 2.24) is 15.2 Å². The number of hydrogen-bond acceptors (Lipinski definition) is 5. The number of amides is 3. The third-order valence-corrected chi connectivity index (χ3v) is 4.30. The topological polar surface area (TPSA) is 93.3 Å². The fourth-order valence-corrected chi connectivity index (χ4v) is 2.93. The van der Waals surface area contributed by atoms with Crippen molar-refractivity contribution in [3.8, 4) is 0 Å². The summed E-state index contributed by atoms with van der Waals surface area (Å²) in [6.45, 7) is -0.0102. The van der Waals surface area contributed by atoms with Gasteiger partial charge in [0.25, 0.3) is 0 Å². The van der Waals surface area contributed by atoms with Gasteiger partial charge in [0.05, 0.1) is 12.1 Å². The van der Waals surface area contributed by atoms with Crippen LogP contribution in [0.1, 0.15) is 4.88 Å². The molecule has 2 aromatic heterocycles. The zero-order chi connectivity index (χ0) is 17.1. The molecule has 1 aromatic carbocycles. The minimum Gasteiger partial charge on any atom is -0.408 e. The molecule has 2 N–H and O–H groups in total. The van der Waals surface area contributed by atoms with Gasteiger partial charge in [-0.15, -0.1) is 11.3 Å². The zero-order valence-electron chi connectivity index (χ0n) is 12.2. The molecule has 0 atom stereocenters. The van der Waals surface area contributed by atoms with Crippen LogP contribution in [-0.2, 0) is 17.9 Å². The average Bonchev–Trinajstić information content (AvgIpc) is 3.13. The molecule has 3 aromatic rings. The van der Waals surface area contributed by atoms with Crippen molar-refractivity contribution in [3.63, 3.8) is 0 Å². The molecule has 0 aliphatic rings. The molecular formula is C15H12ClN3O4S. The van der Waals surface area contributed by atoms with Gasteiger partial charge in [-0.2, -0.15) is 0 Å². The maximum Gasteiger partial charge on any atom is 0.420 e. The van der Waals surface area contributed by atoms with Crippen LogP contribution in [-0.4, -0.2) is 16.5 Å². The van der Waals surface area contributed by atoms with Crippen molar-refractivity contribution in [2.45, 2.75) is 13.1 Å².